The number of rotatable bonds is 11. The fourth-order valence-electron chi connectivity index (χ4n) is 2.98. The van der Waals surface area contributed by atoms with Crippen molar-refractivity contribution in [3.05, 3.63) is 12.2 Å². The molecular formula is C21H31NO4. The van der Waals surface area contributed by atoms with Crippen LogP contribution in [-0.4, -0.2) is 40.3 Å². The van der Waals surface area contributed by atoms with Crippen LogP contribution in [0.4, 0.5) is 0 Å². The quantitative estimate of drug-likeness (QED) is 0.347. The summed E-state index contributed by atoms with van der Waals surface area (Å²) in [6, 6.07) is -0.000560. The summed E-state index contributed by atoms with van der Waals surface area (Å²) in [5.41, 5.74) is 0. The zero-order valence-corrected chi connectivity index (χ0v) is 16.0. The number of ketones is 1. The average molecular weight is 361 g/mol. The molecule has 1 N–H and O–H groups in total. The summed E-state index contributed by atoms with van der Waals surface area (Å²) in [7, 11) is 0. The molecule has 0 radical (unpaired) electrons. The molecule has 0 aromatic heterocycles. The molecule has 26 heavy (non-hydrogen) atoms. The molecule has 0 aliphatic carbocycles. The average Bonchev–Trinajstić information content (AvgIpc) is 2.95. The lowest BCUT2D eigenvalue weighted by Gasteiger charge is -2.22. The van der Waals surface area contributed by atoms with Gasteiger partial charge in [-0.2, -0.15) is 0 Å². The van der Waals surface area contributed by atoms with E-state index in [1.54, 1.807) is 6.08 Å². The molecule has 0 bridgehead atoms. The number of unbranched alkanes of at least 4 members (excludes halogenated alkanes) is 3. The Morgan fingerprint density at radius 1 is 1.27 bits per heavy atom. The minimum atomic E-state index is -0.760. The Kier molecular flexibility index (Phi) is 10.4. The Morgan fingerprint density at radius 3 is 2.69 bits per heavy atom. The number of hydrogen-bond donors (Lipinski definition) is 1. The number of hydrogen-bond acceptors (Lipinski definition) is 3. The second kappa shape index (κ2) is 12.3. The number of carbonyl (C=O) groups is 3. The zero-order valence-electron chi connectivity index (χ0n) is 16.0. The molecule has 0 saturated carbocycles. The van der Waals surface area contributed by atoms with Crippen LogP contribution in [0.15, 0.2) is 12.2 Å². The van der Waals surface area contributed by atoms with E-state index in [1.807, 2.05) is 24.8 Å². The van der Waals surface area contributed by atoms with Crippen molar-refractivity contribution in [3.63, 3.8) is 0 Å². The Hall–Kier alpha value is -2.09. The standard InChI is InChI=1S/C21H31NO4/c1-3-4-7-10-17(2)19(23)14-12-18-13-15-20(24)22(18)16-9-6-5-8-11-21(25)26/h12,14,17-18H,3,5-6,8-11,13,15-16H2,1-2H3,(H,25,26)/b14-12+/t17-,18-/m0/s1. The van der Waals surface area contributed by atoms with Gasteiger partial charge in [0.1, 0.15) is 0 Å². The van der Waals surface area contributed by atoms with Crippen LogP contribution in [-0.2, 0) is 14.4 Å². The fourth-order valence-corrected chi connectivity index (χ4v) is 2.98. The molecule has 0 spiro atoms. The van der Waals surface area contributed by atoms with Crippen molar-refractivity contribution in [3.8, 4) is 11.8 Å². The monoisotopic (exact) mass is 361 g/mol. The Bertz CT molecular complexity index is 570. The van der Waals surface area contributed by atoms with Crippen molar-refractivity contribution in [1.82, 2.24) is 4.90 Å². The summed E-state index contributed by atoms with van der Waals surface area (Å²) in [6.07, 6.45) is 9.66. The second-order valence-electron chi connectivity index (χ2n) is 6.82. The molecule has 1 rings (SSSR count). The van der Waals surface area contributed by atoms with E-state index < -0.39 is 5.97 Å². The van der Waals surface area contributed by atoms with Gasteiger partial charge in [-0.05, 0) is 25.3 Å². The first-order chi connectivity index (χ1) is 12.5. The first kappa shape index (κ1) is 22.0. The van der Waals surface area contributed by atoms with Gasteiger partial charge >= 0.3 is 5.97 Å². The molecule has 1 amide bonds. The van der Waals surface area contributed by atoms with Crippen LogP contribution in [0.25, 0.3) is 0 Å². The maximum Gasteiger partial charge on any atom is 0.303 e. The predicted octanol–water partition coefficient (Wildman–Crippen LogP) is 3.58. The van der Waals surface area contributed by atoms with Gasteiger partial charge in [-0.1, -0.05) is 32.8 Å². The first-order valence-corrected chi connectivity index (χ1v) is 9.64. The molecule has 5 nitrogen and oxygen atoms in total. The SMILES string of the molecule is CCC#CC[C@H](C)C(=O)/C=C/[C@H]1CCC(=O)N1CCCCCCC(=O)O. The van der Waals surface area contributed by atoms with Crippen molar-refractivity contribution in [2.24, 2.45) is 5.92 Å². The van der Waals surface area contributed by atoms with Gasteiger partial charge in [-0.3, -0.25) is 14.4 Å². The molecule has 1 aliphatic rings. The van der Waals surface area contributed by atoms with Crippen LogP contribution in [0, 0.1) is 17.8 Å². The minimum Gasteiger partial charge on any atom is -0.481 e. The lowest BCUT2D eigenvalue weighted by Crippen LogP contribution is -2.32. The van der Waals surface area contributed by atoms with Gasteiger partial charge in [0.05, 0.1) is 6.04 Å². The van der Waals surface area contributed by atoms with E-state index in [9.17, 15) is 14.4 Å². The van der Waals surface area contributed by atoms with Gasteiger partial charge in [-0.25, -0.2) is 0 Å². The summed E-state index contributed by atoms with van der Waals surface area (Å²) in [5, 5.41) is 8.62. The number of allylic oxidation sites excluding steroid dienone is 1. The number of nitrogens with zero attached hydrogens (tertiary/aromatic N) is 1. The molecule has 1 saturated heterocycles. The highest BCUT2D eigenvalue weighted by Gasteiger charge is 2.28. The van der Waals surface area contributed by atoms with Crippen LogP contribution in [0.1, 0.15) is 71.6 Å². The molecule has 1 fully saturated rings. The van der Waals surface area contributed by atoms with E-state index in [2.05, 4.69) is 11.8 Å². The van der Waals surface area contributed by atoms with E-state index in [-0.39, 0.29) is 30.1 Å². The Morgan fingerprint density at radius 2 is 2.00 bits per heavy atom. The van der Waals surface area contributed by atoms with Gasteiger partial charge < -0.3 is 10.0 Å². The van der Waals surface area contributed by atoms with Crippen molar-refractivity contribution < 1.29 is 19.5 Å². The number of aliphatic carboxylic acids is 1. The van der Waals surface area contributed by atoms with Gasteiger partial charge in [0.2, 0.25) is 5.91 Å². The molecule has 0 aromatic rings. The van der Waals surface area contributed by atoms with Crippen molar-refractivity contribution in [2.75, 3.05) is 6.54 Å². The first-order valence-electron chi connectivity index (χ1n) is 9.64. The van der Waals surface area contributed by atoms with E-state index >= 15 is 0 Å². The maximum absolute atomic E-state index is 12.2. The van der Waals surface area contributed by atoms with Gasteiger partial charge in [-0.15, -0.1) is 11.8 Å². The van der Waals surface area contributed by atoms with E-state index in [0.29, 0.717) is 25.8 Å². The lowest BCUT2D eigenvalue weighted by atomic mass is 10.0. The van der Waals surface area contributed by atoms with Crippen LogP contribution in [0.2, 0.25) is 0 Å². The van der Waals surface area contributed by atoms with E-state index in [4.69, 9.17) is 5.11 Å². The largest absolute Gasteiger partial charge is 0.481 e. The predicted molar refractivity (Wildman–Crippen MR) is 101 cm³/mol. The molecule has 1 aliphatic heterocycles. The normalized spacial score (nSPS) is 18.0. The van der Waals surface area contributed by atoms with Crippen LogP contribution in [0.5, 0.6) is 0 Å². The number of amides is 1. The van der Waals surface area contributed by atoms with Crippen LogP contribution < -0.4 is 0 Å². The molecule has 1 heterocycles. The number of carboxylic acid groups (broad SMARTS) is 1. The topological polar surface area (TPSA) is 74.7 Å². The molecule has 0 aromatic carbocycles. The van der Waals surface area contributed by atoms with Crippen molar-refractivity contribution in [2.45, 2.75) is 77.7 Å². The van der Waals surface area contributed by atoms with Gasteiger partial charge in [0.25, 0.3) is 0 Å². The maximum atomic E-state index is 12.2. The second-order valence-corrected chi connectivity index (χ2v) is 6.82. The smallest absolute Gasteiger partial charge is 0.303 e. The fraction of sp³-hybridized carbons (Fsp3) is 0.667. The van der Waals surface area contributed by atoms with Crippen LogP contribution in [0.3, 0.4) is 0 Å². The molecular weight excluding hydrogens is 330 g/mol. The highest BCUT2D eigenvalue weighted by Crippen LogP contribution is 2.21. The zero-order chi connectivity index (χ0) is 19.4. The minimum absolute atomic E-state index is 0.000560. The third-order valence-electron chi connectivity index (χ3n) is 4.59. The summed E-state index contributed by atoms with van der Waals surface area (Å²) < 4.78 is 0. The number of likely N-dealkylation sites (tertiary alicyclic amines) is 1. The third kappa shape index (κ3) is 8.33. The Labute approximate surface area is 156 Å². The molecule has 5 heteroatoms. The molecule has 0 unspecified atom stereocenters. The summed E-state index contributed by atoms with van der Waals surface area (Å²) >= 11 is 0. The van der Waals surface area contributed by atoms with Gasteiger partial charge in [0.15, 0.2) is 5.78 Å². The summed E-state index contributed by atoms with van der Waals surface area (Å²) in [5.74, 6) is 5.30. The molecule has 144 valence electrons. The summed E-state index contributed by atoms with van der Waals surface area (Å²) in [4.78, 5) is 36.6. The third-order valence-corrected chi connectivity index (χ3v) is 4.59. The molecule has 2 atom stereocenters. The Balaban J connectivity index is 2.40. The number of carboxylic acids is 1. The summed E-state index contributed by atoms with van der Waals surface area (Å²) in [6.45, 7) is 4.54. The highest BCUT2D eigenvalue weighted by atomic mass is 16.4. The van der Waals surface area contributed by atoms with Crippen LogP contribution >= 0.6 is 0 Å². The van der Waals surface area contributed by atoms with E-state index in [0.717, 1.165) is 32.1 Å². The van der Waals surface area contributed by atoms with Crippen molar-refractivity contribution in [1.29, 1.82) is 0 Å². The lowest BCUT2D eigenvalue weighted by molar-refractivity contribution is -0.137. The highest BCUT2D eigenvalue weighted by molar-refractivity contribution is 5.92. The van der Waals surface area contributed by atoms with Crippen molar-refractivity contribution >= 4 is 17.7 Å². The van der Waals surface area contributed by atoms with E-state index in [1.165, 1.54) is 0 Å². The van der Waals surface area contributed by atoms with Gasteiger partial charge in [0, 0.05) is 38.1 Å². The number of carbonyl (C=O) groups excluding carboxylic acids is 2.